The second-order valence-electron chi connectivity index (χ2n) is 8.79. The van der Waals surface area contributed by atoms with Crippen LogP contribution in [0, 0.1) is 11.8 Å². The van der Waals surface area contributed by atoms with Gasteiger partial charge in [0.25, 0.3) is 0 Å². The first-order valence-electron chi connectivity index (χ1n) is 10.8. The maximum atomic E-state index is 13.1. The molecule has 1 atom stereocenters. The molecule has 28 heavy (non-hydrogen) atoms. The van der Waals surface area contributed by atoms with Gasteiger partial charge < -0.3 is 10.2 Å². The monoisotopic (exact) mass is 404 g/mol. The summed E-state index contributed by atoms with van der Waals surface area (Å²) < 4.78 is 0. The second-order valence-corrected chi connectivity index (χ2v) is 9.23. The van der Waals surface area contributed by atoms with E-state index in [9.17, 15) is 9.59 Å². The molecule has 154 valence electrons. The Morgan fingerprint density at radius 3 is 2.25 bits per heavy atom. The number of nitrogens with one attached hydrogen (secondary N) is 1. The van der Waals surface area contributed by atoms with Crippen molar-refractivity contribution < 1.29 is 9.59 Å². The lowest BCUT2D eigenvalue weighted by Gasteiger charge is -2.35. The fourth-order valence-electron chi connectivity index (χ4n) is 4.59. The molecule has 1 saturated heterocycles. The zero-order valence-electron chi connectivity index (χ0n) is 17.1. The van der Waals surface area contributed by atoms with Crippen LogP contribution < -0.4 is 5.32 Å². The number of piperidine rings is 1. The molecule has 0 spiro atoms. The number of hydrogen-bond acceptors (Lipinski definition) is 2. The van der Waals surface area contributed by atoms with Crippen molar-refractivity contribution in [2.24, 2.45) is 11.8 Å². The number of carbonyl (C=O) groups is 2. The molecule has 2 fully saturated rings. The van der Waals surface area contributed by atoms with E-state index in [1.807, 2.05) is 30.9 Å². The Labute approximate surface area is 174 Å². The standard InChI is InChI=1S/C23H33ClN2O2/c1-16(2)22(25-21(27)15-17-5-3-4-6-17)23(28)26-13-11-19(12-14-26)18-7-9-20(24)10-8-18/h7-10,16-17,19,22H,3-6,11-15H2,1-2H3,(H,25,27). The van der Waals surface area contributed by atoms with Gasteiger partial charge in [-0.15, -0.1) is 0 Å². The third-order valence-corrected chi connectivity index (χ3v) is 6.60. The summed E-state index contributed by atoms with van der Waals surface area (Å²) in [6, 6.07) is 7.63. The van der Waals surface area contributed by atoms with Crippen LogP contribution in [0.1, 0.15) is 70.3 Å². The first-order chi connectivity index (χ1) is 13.4. The number of hydrogen-bond donors (Lipinski definition) is 1. The summed E-state index contributed by atoms with van der Waals surface area (Å²) in [6.45, 7) is 5.51. The zero-order chi connectivity index (χ0) is 20.1. The molecule has 1 N–H and O–H groups in total. The van der Waals surface area contributed by atoms with E-state index in [-0.39, 0.29) is 17.7 Å². The molecule has 4 nitrogen and oxygen atoms in total. The average molecular weight is 405 g/mol. The van der Waals surface area contributed by atoms with Gasteiger partial charge in [0.15, 0.2) is 0 Å². The predicted octanol–water partition coefficient (Wildman–Crippen LogP) is 4.77. The summed E-state index contributed by atoms with van der Waals surface area (Å²) in [7, 11) is 0. The van der Waals surface area contributed by atoms with Crippen LogP contribution in [0.25, 0.3) is 0 Å². The van der Waals surface area contributed by atoms with Gasteiger partial charge in [-0.05, 0) is 61.1 Å². The van der Waals surface area contributed by atoms with Crippen molar-refractivity contribution in [1.29, 1.82) is 0 Å². The topological polar surface area (TPSA) is 49.4 Å². The van der Waals surface area contributed by atoms with Crippen molar-refractivity contribution in [3.05, 3.63) is 34.9 Å². The highest BCUT2D eigenvalue weighted by atomic mass is 35.5. The van der Waals surface area contributed by atoms with Crippen molar-refractivity contribution in [2.75, 3.05) is 13.1 Å². The molecule has 1 heterocycles. The first kappa shape index (κ1) is 21.2. The van der Waals surface area contributed by atoms with Crippen LogP contribution in [0.4, 0.5) is 0 Å². The Balaban J connectivity index is 1.53. The molecule has 1 aromatic rings. The van der Waals surface area contributed by atoms with Crippen molar-refractivity contribution in [3.63, 3.8) is 0 Å². The lowest BCUT2D eigenvalue weighted by atomic mass is 9.89. The summed E-state index contributed by atoms with van der Waals surface area (Å²) in [5.41, 5.74) is 1.29. The van der Waals surface area contributed by atoms with Gasteiger partial charge >= 0.3 is 0 Å². The van der Waals surface area contributed by atoms with Gasteiger partial charge in [-0.1, -0.05) is 50.4 Å². The molecule has 1 aliphatic heterocycles. The highest BCUT2D eigenvalue weighted by molar-refractivity contribution is 6.30. The average Bonchev–Trinajstić information content (AvgIpc) is 3.19. The van der Waals surface area contributed by atoms with Crippen LogP contribution in [-0.4, -0.2) is 35.8 Å². The maximum Gasteiger partial charge on any atom is 0.245 e. The predicted molar refractivity (Wildman–Crippen MR) is 113 cm³/mol. The van der Waals surface area contributed by atoms with E-state index in [4.69, 9.17) is 11.6 Å². The van der Waals surface area contributed by atoms with Crippen LogP contribution in [0.15, 0.2) is 24.3 Å². The number of likely N-dealkylation sites (tertiary alicyclic amines) is 1. The summed E-state index contributed by atoms with van der Waals surface area (Å²) in [5, 5.41) is 3.80. The molecule has 3 rings (SSSR count). The van der Waals surface area contributed by atoms with E-state index in [2.05, 4.69) is 17.4 Å². The minimum Gasteiger partial charge on any atom is -0.344 e. The lowest BCUT2D eigenvalue weighted by molar-refractivity contribution is -0.138. The van der Waals surface area contributed by atoms with E-state index >= 15 is 0 Å². The van der Waals surface area contributed by atoms with Crippen LogP contribution in [-0.2, 0) is 9.59 Å². The summed E-state index contributed by atoms with van der Waals surface area (Å²) in [5.74, 6) is 1.17. The van der Waals surface area contributed by atoms with Gasteiger partial charge in [0.05, 0.1) is 0 Å². The van der Waals surface area contributed by atoms with E-state index in [1.54, 1.807) is 0 Å². The Morgan fingerprint density at radius 1 is 1.07 bits per heavy atom. The maximum absolute atomic E-state index is 13.1. The number of halogens is 1. The normalized spacial score (nSPS) is 19.8. The molecule has 1 aromatic carbocycles. The number of benzene rings is 1. The largest absolute Gasteiger partial charge is 0.344 e. The van der Waals surface area contributed by atoms with E-state index < -0.39 is 6.04 Å². The molecular weight excluding hydrogens is 372 g/mol. The zero-order valence-corrected chi connectivity index (χ0v) is 17.9. The summed E-state index contributed by atoms with van der Waals surface area (Å²) in [4.78, 5) is 27.5. The number of rotatable bonds is 6. The molecule has 0 radical (unpaired) electrons. The number of carbonyl (C=O) groups excluding carboxylic acids is 2. The third kappa shape index (κ3) is 5.50. The number of amides is 2. The van der Waals surface area contributed by atoms with Crippen molar-refractivity contribution in [3.8, 4) is 0 Å². The molecule has 1 unspecified atom stereocenters. The van der Waals surface area contributed by atoms with E-state index in [0.717, 1.165) is 43.8 Å². The van der Waals surface area contributed by atoms with E-state index in [0.29, 0.717) is 18.3 Å². The van der Waals surface area contributed by atoms with Crippen LogP contribution in [0.5, 0.6) is 0 Å². The van der Waals surface area contributed by atoms with E-state index in [1.165, 1.54) is 18.4 Å². The minimum absolute atomic E-state index is 0.0370. The van der Waals surface area contributed by atoms with Crippen molar-refractivity contribution in [2.45, 2.75) is 70.8 Å². The van der Waals surface area contributed by atoms with Crippen LogP contribution in [0.2, 0.25) is 5.02 Å². The third-order valence-electron chi connectivity index (χ3n) is 6.35. The molecular formula is C23H33ClN2O2. The Kier molecular flexibility index (Phi) is 7.39. The smallest absolute Gasteiger partial charge is 0.245 e. The highest BCUT2D eigenvalue weighted by Gasteiger charge is 2.32. The van der Waals surface area contributed by atoms with Gasteiger partial charge in [0, 0.05) is 24.5 Å². The van der Waals surface area contributed by atoms with Crippen LogP contribution >= 0.6 is 11.6 Å². The Bertz CT molecular complexity index is 660. The van der Waals surface area contributed by atoms with Crippen molar-refractivity contribution >= 4 is 23.4 Å². The minimum atomic E-state index is -0.416. The molecule has 1 aliphatic carbocycles. The molecule has 2 aliphatic rings. The SMILES string of the molecule is CC(C)C(NC(=O)CC1CCCC1)C(=O)N1CCC(c2ccc(Cl)cc2)CC1. The molecule has 0 aromatic heterocycles. The molecule has 2 amide bonds. The fourth-order valence-corrected chi connectivity index (χ4v) is 4.71. The lowest BCUT2D eigenvalue weighted by Crippen LogP contribution is -2.53. The Hall–Kier alpha value is -1.55. The second kappa shape index (κ2) is 9.78. The van der Waals surface area contributed by atoms with Gasteiger partial charge in [0.1, 0.15) is 6.04 Å². The Morgan fingerprint density at radius 2 is 1.68 bits per heavy atom. The summed E-state index contributed by atoms with van der Waals surface area (Å²) in [6.07, 6.45) is 7.22. The van der Waals surface area contributed by atoms with Crippen molar-refractivity contribution in [1.82, 2.24) is 10.2 Å². The number of nitrogens with zero attached hydrogens (tertiary/aromatic N) is 1. The quantitative estimate of drug-likeness (QED) is 0.742. The molecule has 5 heteroatoms. The van der Waals surface area contributed by atoms with Gasteiger partial charge in [-0.3, -0.25) is 9.59 Å². The van der Waals surface area contributed by atoms with Gasteiger partial charge in [-0.2, -0.15) is 0 Å². The molecule has 0 bridgehead atoms. The highest BCUT2D eigenvalue weighted by Crippen LogP contribution is 2.30. The summed E-state index contributed by atoms with van der Waals surface area (Å²) >= 11 is 5.99. The van der Waals surface area contributed by atoms with Crippen LogP contribution in [0.3, 0.4) is 0 Å². The van der Waals surface area contributed by atoms with Gasteiger partial charge in [0.2, 0.25) is 11.8 Å². The molecule has 1 saturated carbocycles. The first-order valence-corrected chi connectivity index (χ1v) is 11.2. The fraction of sp³-hybridized carbons (Fsp3) is 0.652. The van der Waals surface area contributed by atoms with Gasteiger partial charge in [-0.25, -0.2) is 0 Å².